The van der Waals surface area contributed by atoms with E-state index in [1.54, 1.807) is 7.11 Å². The lowest BCUT2D eigenvalue weighted by Crippen LogP contribution is -2.33. The Balaban J connectivity index is 2.07. The second-order valence-corrected chi connectivity index (χ2v) is 8.24. The lowest BCUT2D eigenvalue weighted by Gasteiger charge is -2.26. The van der Waals surface area contributed by atoms with E-state index in [-0.39, 0.29) is 0 Å². The summed E-state index contributed by atoms with van der Waals surface area (Å²) in [6.45, 7) is 5.57. The Morgan fingerprint density at radius 3 is 2.00 bits per heavy atom. The number of rotatable bonds is 6. The summed E-state index contributed by atoms with van der Waals surface area (Å²) >= 11 is 0. The molecule has 0 aliphatic rings. The monoisotopic (exact) mass is 427 g/mol. The van der Waals surface area contributed by atoms with Crippen molar-refractivity contribution < 1.29 is 14.3 Å². The van der Waals surface area contributed by atoms with E-state index < -0.39 is 11.7 Å². The van der Waals surface area contributed by atoms with E-state index in [4.69, 9.17) is 9.47 Å². The molecule has 3 aromatic carbocycles. The molecule has 4 heteroatoms. The first kappa shape index (κ1) is 22.9. The fraction of sp³-hybridized carbons (Fsp3) is 0.179. The summed E-state index contributed by atoms with van der Waals surface area (Å²) in [5, 5.41) is 0. The molecule has 0 aromatic heterocycles. The molecule has 0 saturated carbocycles. The highest BCUT2D eigenvalue weighted by atomic mass is 16.6. The number of methoxy groups -OCH3 is 1. The Morgan fingerprint density at radius 2 is 1.44 bits per heavy atom. The molecule has 0 bridgehead atoms. The Bertz CT molecular complexity index is 1060. The van der Waals surface area contributed by atoms with Crippen LogP contribution < -0.4 is 9.64 Å². The van der Waals surface area contributed by atoms with Crippen molar-refractivity contribution >= 4 is 23.4 Å². The van der Waals surface area contributed by atoms with Crippen molar-refractivity contribution in [2.45, 2.75) is 26.4 Å². The molecule has 0 heterocycles. The van der Waals surface area contributed by atoms with Gasteiger partial charge in [0.25, 0.3) is 0 Å². The van der Waals surface area contributed by atoms with Gasteiger partial charge in [-0.2, -0.15) is 0 Å². The highest BCUT2D eigenvalue weighted by molar-refractivity contribution is 5.94. The predicted molar refractivity (Wildman–Crippen MR) is 132 cm³/mol. The van der Waals surface area contributed by atoms with E-state index in [1.807, 2.05) is 124 Å². The van der Waals surface area contributed by atoms with Crippen molar-refractivity contribution in [1.29, 1.82) is 0 Å². The number of ether oxygens (including phenoxy) is 2. The quantitative estimate of drug-likeness (QED) is 0.391. The maximum Gasteiger partial charge on any atom is 0.418 e. The maximum absolute atomic E-state index is 13.2. The molecule has 3 rings (SSSR count). The number of nitrogens with zero attached hydrogens (tertiary/aromatic N) is 1. The van der Waals surface area contributed by atoms with Crippen LogP contribution in [0.5, 0.6) is 5.75 Å². The van der Waals surface area contributed by atoms with Gasteiger partial charge in [-0.25, -0.2) is 4.79 Å². The zero-order chi connectivity index (χ0) is 23.0. The molecular weight excluding hydrogens is 398 g/mol. The van der Waals surface area contributed by atoms with Crippen LogP contribution in [0.2, 0.25) is 0 Å². The van der Waals surface area contributed by atoms with Gasteiger partial charge in [0, 0.05) is 6.20 Å². The van der Waals surface area contributed by atoms with E-state index in [0.29, 0.717) is 11.4 Å². The molecule has 0 aliphatic heterocycles. The van der Waals surface area contributed by atoms with E-state index in [2.05, 4.69) is 0 Å². The molecule has 0 atom stereocenters. The van der Waals surface area contributed by atoms with Crippen molar-refractivity contribution in [2.75, 3.05) is 12.0 Å². The molecule has 0 radical (unpaired) electrons. The van der Waals surface area contributed by atoms with Gasteiger partial charge in [-0.3, -0.25) is 4.90 Å². The number of anilines is 1. The normalized spacial score (nSPS) is 11.9. The van der Waals surface area contributed by atoms with Gasteiger partial charge in [-0.1, -0.05) is 72.8 Å². The van der Waals surface area contributed by atoms with E-state index in [0.717, 1.165) is 16.7 Å². The first-order valence-corrected chi connectivity index (χ1v) is 10.5. The molecule has 0 fully saturated rings. The Hall–Kier alpha value is -3.79. The molecule has 0 unspecified atom stereocenters. The van der Waals surface area contributed by atoms with E-state index >= 15 is 0 Å². The van der Waals surface area contributed by atoms with Crippen molar-refractivity contribution in [3.05, 3.63) is 108 Å². The SMILES string of the molecule is COc1ccc(N(/C=C(\C=C\c2ccccc2)c2ccccc2)C(=O)OC(C)(C)C)cc1. The summed E-state index contributed by atoms with van der Waals surface area (Å²) in [4.78, 5) is 14.7. The highest BCUT2D eigenvalue weighted by Crippen LogP contribution is 2.26. The largest absolute Gasteiger partial charge is 0.497 e. The molecule has 3 aromatic rings. The lowest BCUT2D eigenvalue weighted by molar-refractivity contribution is 0.0597. The van der Waals surface area contributed by atoms with E-state index in [9.17, 15) is 4.79 Å². The summed E-state index contributed by atoms with van der Waals surface area (Å²) in [5.41, 5.74) is 2.99. The predicted octanol–water partition coefficient (Wildman–Crippen LogP) is 7.19. The minimum absolute atomic E-state index is 0.454. The number of amides is 1. The summed E-state index contributed by atoms with van der Waals surface area (Å²) in [6, 6.07) is 27.3. The van der Waals surface area contributed by atoms with Gasteiger partial charge >= 0.3 is 6.09 Å². The molecule has 0 spiro atoms. The van der Waals surface area contributed by atoms with Crippen LogP contribution in [0.4, 0.5) is 10.5 Å². The van der Waals surface area contributed by atoms with Crippen molar-refractivity contribution in [1.82, 2.24) is 0 Å². The molecule has 0 saturated heterocycles. The molecule has 0 aliphatic carbocycles. The third kappa shape index (κ3) is 6.61. The third-order valence-corrected chi connectivity index (χ3v) is 4.57. The summed E-state index contributed by atoms with van der Waals surface area (Å²) in [6.07, 6.45) is 5.39. The number of carbonyl (C=O) groups is 1. The second kappa shape index (κ2) is 10.5. The summed E-state index contributed by atoms with van der Waals surface area (Å²) in [7, 11) is 1.61. The van der Waals surface area contributed by atoms with Crippen LogP contribution >= 0.6 is 0 Å². The highest BCUT2D eigenvalue weighted by Gasteiger charge is 2.23. The topological polar surface area (TPSA) is 38.8 Å². The molecule has 4 nitrogen and oxygen atoms in total. The second-order valence-electron chi connectivity index (χ2n) is 8.24. The first-order valence-electron chi connectivity index (χ1n) is 10.5. The maximum atomic E-state index is 13.2. The summed E-state index contributed by atoms with van der Waals surface area (Å²) in [5.74, 6) is 0.717. The van der Waals surface area contributed by atoms with Gasteiger partial charge in [0.15, 0.2) is 0 Å². The van der Waals surface area contributed by atoms with Crippen LogP contribution in [-0.4, -0.2) is 18.8 Å². The molecule has 32 heavy (non-hydrogen) atoms. The van der Waals surface area contributed by atoms with Crippen LogP contribution in [0, 0.1) is 0 Å². The van der Waals surface area contributed by atoms with Crippen molar-refractivity contribution in [3.8, 4) is 5.75 Å². The fourth-order valence-corrected chi connectivity index (χ4v) is 3.02. The average Bonchev–Trinajstić information content (AvgIpc) is 2.79. The smallest absolute Gasteiger partial charge is 0.418 e. The number of benzene rings is 3. The van der Waals surface area contributed by atoms with Crippen LogP contribution in [0.15, 0.2) is 97.2 Å². The number of hydrogen-bond donors (Lipinski definition) is 0. The zero-order valence-electron chi connectivity index (χ0n) is 19.0. The van der Waals surface area contributed by atoms with Crippen LogP contribution in [-0.2, 0) is 4.74 Å². The Labute approximate surface area is 190 Å². The third-order valence-electron chi connectivity index (χ3n) is 4.57. The number of allylic oxidation sites excluding steroid dienone is 2. The molecule has 164 valence electrons. The Kier molecular flexibility index (Phi) is 7.50. The number of hydrogen-bond acceptors (Lipinski definition) is 3. The van der Waals surface area contributed by atoms with Crippen molar-refractivity contribution in [3.63, 3.8) is 0 Å². The fourth-order valence-electron chi connectivity index (χ4n) is 3.02. The minimum atomic E-state index is -0.623. The first-order chi connectivity index (χ1) is 15.4. The number of carbonyl (C=O) groups excluding carboxylic acids is 1. The Morgan fingerprint density at radius 1 is 0.844 bits per heavy atom. The lowest BCUT2D eigenvalue weighted by atomic mass is 10.0. The minimum Gasteiger partial charge on any atom is -0.497 e. The van der Waals surface area contributed by atoms with Crippen LogP contribution in [0.25, 0.3) is 11.6 Å². The van der Waals surface area contributed by atoms with Gasteiger partial charge in [-0.15, -0.1) is 0 Å². The molecular formula is C28H29NO3. The van der Waals surface area contributed by atoms with Gasteiger partial charge in [0.05, 0.1) is 12.8 Å². The summed E-state index contributed by atoms with van der Waals surface area (Å²) < 4.78 is 11.0. The standard InChI is InChI=1S/C28H29NO3/c1-28(2,3)32-27(30)29(25-17-19-26(31-4)20-18-25)21-24(23-13-9-6-10-14-23)16-15-22-11-7-5-8-12-22/h5-21H,1-4H3/b16-15+,24-21+. The zero-order valence-corrected chi connectivity index (χ0v) is 19.0. The van der Waals surface area contributed by atoms with Crippen LogP contribution in [0.3, 0.4) is 0 Å². The van der Waals surface area contributed by atoms with Crippen LogP contribution in [0.1, 0.15) is 31.9 Å². The molecule has 0 N–H and O–H groups in total. The average molecular weight is 428 g/mol. The van der Waals surface area contributed by atoms with Gasteiger partial charge in [0.1, 0.15) is 11.4 Å². The van der Waals surface area contributed by atoms with Gasteiger partial charge in [0.2, 0.25) is 0 Å². The molecule has 1 amide bonds. The van der Waals surface area contributed by atoms with Gasteiger partial charge in [-0.05, 0) is 61.7 Å². The van der Waals surface area contributed by atoms with Gasteiger partial charge < -0.3 is 9.47 Å². The van der Waals surface area contributed by atoms with Crippen molar-refractivity contribution in [2.24, 2.45) is 0 Å². The van der Waals surface area contributed by atoms with E-state index in [1.165, 1.54) is 4.90 Å².